The number of rotatable bonds is 1. The van der Waals surface area contributed by atoms with Gasteiger partial charge >= 0.3 is 0 Å². The Bertz CT molecular complexity index is 218. The summed E-state index contributed by atoms with van der Waals surface area (Å²) < 4.78 is 0. The summed E-state index contributed by atoms with van der Waals surface area (Å²) in [5, 5.41) is 0. The Hall–Kier alpha value is 0. The first-order valence-electron chi connectivity index (χ1n) is 7.03. The fraction of sp³-hybridized carbons (Fsp3) is 1.00. The molecule has 0 N–H and O–H groups in total. The van der Waals surface area contributed by atoms with Crippen LogP contribution in [-0.2, 0) is 0 Å². The predicted molar refractivity (Wildman–Crippen MR) is 66.8 cm³/mol. The molecule has 0 saturated heterocycles. The zero-order valence-corrected chi connectivity index (χ0v) is 11.1. The van der Waals surface area contributed by atoms with Crippen LogP contribution in [0.1, 0.15) is 66.2 Å². The van der Waals surface area contributed by atoms with Crippen LogP contribution in [0, 0.1) is 29.1 Å². The molecule has 0 spiro atoms. The molecule has 0 bridgehead atoms. The summed E-state index contributed by atoms with van der Waals surface area (Å²) in [6.07, 6.45) is 9.00. The van der Waals surface area contributed by atoms with Gasteiger partial charge in [0.2, 0.25) is 0 Å². The van der Waals surface area contributed by atoms with Gasteiger partial charge in [0.15, 0.2) is 0 Å². The van der Waals surface area contributed by atoms with Gasteiger partial charge in [0.05, 0.1) is 0 Å². The number of hydrogen-bond donors (Lipinski definition) is 0. The molecule has 0 amide bonds. The lowest BCUT2D eigenvalue weighted by molar-refractivity contribution is 0.155. The van der Waals surface area contributed by atoms with Crippen LogP contribution in [0.2, 0.25) is 0 Å². The van der Waals surface area contributed by atoms with Crippen molar-refractivity contribution < 1.29 is 0 Å². The van der Waals surface area contributed by atoms with Gasteiger partial charge in [-0.2, -0.15) is 0 Å². The topological polar surface area (TPSA) is 0 Å². The Labute approximate surface area is 95.8 Å². The van der Waals surface area contributed by atoms with Gasteiger partial charge in [-0.3, -0.25) is 0 Å². The van der Waals surface area contributed by atoms with Gasteiger partial charge in [-0.15, -0.1) is 0 Å². The molecule has 0 aromatic rings. The van der Waals surface area contributed by atoms with Crippen molar-refractivity contribution in [1.82, 2.24) is 0 Å². The maximum absolute atomic E-state index is 2.58. The normalized spacial score (nSPS) is 46.6. The molecule has 2 fully saturated rings. The molecule has 0 aromatic carbocycles. The van der Waals surface area contributed by atoms with Crippen molar-refractivity contribution in [2.45, 2.75) is 66.2 Å². The first-order chi connectivity index (χ1) is 7.03. The van der Waals surface area contributed by atoms with E-state index in [1.54, 1.807) is 0 Å². The largest absolute Gasteiger partial charge is 0.0625 e. The second-order valence-electron chi connectivity index (χ2n) is 6.93. The summed E-state index contributed by atoms with van der Waals surface area (Å²) in [4.78, 5) is 0. The van der Waals surface area contributed by atoms with Crippen molar-refractivity contribution in [1.29, 1.82) is 0 Å². The van der Waals surface area contributed by atoms with Gasteiger partial charge in [-0.05, 0) is 54.8 Å². The minimum Gasteiger partial charge on any atom is -0.0625 e. The fourth-order valence-electron chi connectivity index (χ4n) is 4.26. The molecule has 15 heavy (non-hydrogen) atoms. The summed E-state index contributed by atoms with van der Waals surface area (Å²) in [5.41, 5.74) is 0.708. The highest BCUT2D eigenvalue weighted by Crippen LogP contribution is 2.56. The average molecular weight is 208 g/mol. The van der Waals surface area contributed by atoms with Gasteiger partial charge < -0.3 is 0 Å². The summed E-state index contributed by atoms with van der Waals surface area (Å²) in [6, 6.07) is 0. The molecule has 0 radical (unpaired) electrons. The smallest absolute Gasteiger partial charge is 0.0295 e. The summed E-state index contributed by atoms with van der Waals surface area (Å²) in [7, 11) is 0. The van der Waals surface area contributed by atoms with E-state index in [0.29, 0.717) is 5.41 Å². The fourth-order valence-corrected chi connectivity index (χ4v) is 4.26. The molecule has 0 heterocycles. The van der Waals surface area contributed by atoms with E-state index in [4.69, 9.17) is 0 Å². The highest BCUT2D eigenvalue weighted by molar-refractivity contribution is 4.96. The number of hydrogen-bond acceptors (Lipinski definition) is 0. The van der Waals surface area contributed by atoms with E-state index in [1.165, 1.54) is 38.5 Å². The van der Waals surface area contributed by atoms with Gasteiger partial charge in [0, 0.05) is 0 Å². The van der Waals surface area contributed by atoms with Crippen LogP contribution in [0.3, 0.4) is 0 Å². The van der Waals surface area contributed by atoms with Gasteiger partial charge in [-0.25, -0.2) is 0 Å². The molecule has 0 aliphatic heterocycles. The maximum Gasteiger partial charge on any atom is -0.0295 e. The zero-order chi connectivity index (χ0) is 11.1. The van der Waals surface area contributed by atoms with Gasteiger partial charge in [0.1, 0.15) is 0 Å². The molecule has 0 aromatic heterocycles. The molecular formula is C15H28. The third-order valence-electron chi connectivity index (χ3n) is 5.50. The zero-order valence-electron chi connectivity index (χ0n) is 11.1. The second kappa shape index (κ2) is 4.11. The van der Waals surface area contributed by atoms with E-state index in [-0.39, 0.29) is 0 Å². The Kier molecular flexibility index (Phi) is 3.14. The van der Waals surface area contributed by atoms with Crippen LogP contribution in [0.25, 0.3) is 0 Å². The van der Waals surface area contributed by atoms with E-state index in [0.717, 1.165) is 23.7 Å². The van der Waals surface area contributed by atoms with Crippen LogP contribution >= 0.6 is 0 Å². The lowest BCUT2D eigenvalue weighted by Crippen LogP contribution is -2.26. The van der Waals surface area contributed by atoms with E-state index >= 15 is 0 Å². The van der Waals surface area contributed by atoms with Crippen LogP contribution < -0.4 is 0 Å². The van der Waals surface area contributed by atoms with Crippen molar-refractivity contribution in [3.05, 3.63) is 0 Å². The molecule has 0 heteroatoms. The Morgan fingerprint density at radius 2 is 1.67 bits per heavy atom. The minimum absolute atomic E-state index is 0.708. The second-order valence-corrected chi connectivity index (χ2v) is 6.93. The van der Waals surface area contributed by atoms with Crippen molar-refractivity contribution in [2.24, 2.45) is 29.1 Å². The third kappa shape index (κ3) is 2.10. The quantitative estimate of drug-likeness (QED) is 0.576. The first-order valence-corrected chi connectivity index (χ1v) is 7.03. The third-order valence-corrected chi connectivity index (χ3v) is 5.50. The van der Waals surface area contributed by atoms with E-state index < -0.39 is 0 Å². The maximum atomic E-state index is 2.58. The van der Waals surface area contributed by atoms with Crippen molar-refractivity contribution in [2.75, 3.05) is 0 Å². The van der Waals surface area contributed by atoms with Crippen LogP contribution in [-0.4, -0.2) is 0 Å². The molecule has 4 atom stereocenters. The minimum atomic E-state index is 0.708. The monoisotopic (exact) mass is 208 g/mol. The molecule has 2 saturated carbocycles. The van der Waals surface area contributed by atoms with Crippen molar-refractivity contribution in [3.63, 3.8) is 0 Å². The van der Waals surface area contributed by atoms with Crippen LogP contribution in [0.4, 0.5) is 0 Å². The van der Waals surface area contributed by atoms with Gasteiger partial charge in [-0.1, -0.05) is 40.5 Å². The molecule has 88 valence electrons. The summed E-state index contributed by atoms with van der Waals surface area (Å²) in [5.74, 6) is 3.97. The summed E-state index contributed by atoms with van der Waals surface area (Å²) in [6.45, 7) is 9.91. The highest BCUT2D eigenvalue weighted by atomic mass is 14.5. The molecule has 4 unspecified atom stereocenters. The van der Waals surface area contributed by atoms with Crippen LogP contribution in [0.15, 0.2) is 0 Å². The van der Waals surface area contributed by atoms with Crippen LogP contribution in [0.5, 0.6) is 0 Å². The Balaban J connectivity index is 2.13. The Morgan fingerprint density at radius 3 is 2.33 bits per heavy atom. The predicted octanol–water partition coefficient (Wildman–Crippen LogP) is 4.89. The van der Waals surface area contributed by atoms with Crippen molar-refractivity contribution >= 4 is 0 Å². The Morgan fingerprint density at radius 1 is 1.00 bits per heavy atom. The molecule has 0 nitrogen and oxygen atoms in total. The average Bonchev–Trinajstić information content (AvgIpc) is 2.43. The lowest BCUT2D eigenvalue weighted by atomic mass is 9.71. The molecule has 2 aliphatic carbocycles. The number of fused-ring (bicyclic) bond motifs is 1. The molecule has 2 aliphatic rings. The first kappa shape index (κ1) is 11.5. The SMILES string of the molecule is CC1CCC2C(C(C)C)CCC2(C)CC1. The molecular weight excluding hydrogens is 180 g/mol. The van der Waals surface area contributed by atoms with Crippen molar-refractivity contribution in [3.8, 4) is 0 Å². The lowest BCUT2D eigenvalue weighted by Gasteiger charge is -2.34. The van der Waals surface area contributed by atoms with E-state index in [2.05, 4.69) is 27.7 Å². The van der Waals surface area contributed by atoms with E-state index in [1.807, 2.05) is 0 Å². The standard InChI is InChI=1S/C15H28/c1-11(2)13-8-10-15(4)9-7-12(3)5-6-14(13)15/h11-14H,5-10H2,1-4H3. The summed E-state index contributed by atoms with van der Waals surface area (Å²) >= 11 is 0. The van der Waals surface area contributed by atoms with E-state index in [9.17, 15) is 0 Å². The molecule has 2 rings (SSSR count). The highest BCUT2D eigenvalue weighted by Gasteiger charge is 2.46. The van der Waals surface area contributed by atoms with Gasteiger partial charge in [0.25, 0.3) is 0 Å².